The molecule has 0 heterocycles. The number of nitrogens with one attached hydrogen (secondary N) is 2. The molecule has 1 aliphatic carbocycles. The summed E-state index contributed by atoms with van der Waals surface area (Å²) in [5, 5.41) is 6.65. The van der Waals surface area contributed by atoms with E-state index < -0.39 is 5.60 Å². The van der Waals surface area contributed by atoms with Crippen LogP contribution in [0.1, 0.15) is 66.7 Å². The van der Waals surface area contributed by atoms with Gasteiger partial charge >= 0.3 is 6.09 Å². The average Bonchev–Trinajstić information content (AvgIpc) is 2.70. The molecular weight excluding hydrogens is 240 g/mol. The smallest absolute Gasteiger partial charge is 0.407 e. The summed E-state index contributed by atoms with van der Waals surface area (Å²) in [6, 6.07) is 1.39. The Kier molecular flexibility index (Phi) is 6.11. The highest BCUT2D eigenvalue weighted by Crippen LogP contribution is 2.21. The topological polar surface area (TPSA) is 50.4 Å². The standard InChI is InChI=1S/C15H30N2O2/c1-6-11(7-2)16-12-8-9-13(10-12)17-14(18)19-15(3,4)5/h11-13,16H,6-10H2,1-5H3,(H,17,18). The molecule has 1 fully saturated rings. The third-order valence-electron chi connectivity index (χ3n) is 3.61. The van der Waals surface area contributed by atoms with Gasteiger partial charge in [0, 0.05) is 18.1 Å². The largest absolute Gasteiger partial charge is 0.444 e. The Labute approximate surface area is 117 Å². The van der Waals surface area contributed by atoms with Gasteiger partial charge in [-0.05, 0) is 52.9 Å². The predicted molar refractivity (Wildman–Crippen MR) is 78.3 cm³/mol. The fourth-order valence-corrected chi connectivity index (χ4v) is 2.60. The number of ether oxygens (including phenoxy) is 1. The minimum absolute atomic E-state index is 0.252. The van der Waals surface area contributed by atoms with Crippen molar-refractivity contribution in [1.82, 2.24) is 10.6 Å². The Bertz CT molecular complexity index is 282. The lowest BCUT2D eigenvalue weighted by molar-refractivity contribution is 0.0505. The zero-order valence-corrected chi connectivity index (χ0v) is 13.1. The van der Waals surface area contributed by atoms with Crippen molar-refractivity contribution >= 4 is 6.09 Å². The molecule has 0 radical (unpaired) electrons. The van der Waals surface area contributed by atoms with E-state index in [0.717, 1.165) is 32.1 Å². The normalized spacial score (nSPS) is 23.7. The van der Waals surface area contributed by atoms with Crippen LogP contribution in [0.3, 0.4) is 0 Å². The van der Waals surface area contributed by atoms with Gasteiger partial charge in [-0.15, -0.1) is 0 Å². The van der Waals surface area contributed by atoms with Gasteiger partial charge in [0.15, 0.2) is 0 Å². The first-order valence-electron chi connectivity index (χ1n) is 7.59. The molecule has 0 spiro atoms. The Balaban J connectivity index is 2.30. The summed E-state index contributed by atoms with van der Waals surface area (Å²) in [4.78, 5) is 11.7. The maximum absolute atomic E-state index is 11.7. The van der Waals surface area contributed by atoms with Crippen LogP contribution in [0.2, 0.25) is 0 Å². The molecule has 0 aromatic heterocycles. The second-order valence-electron chi connectivity index (χ2n) is 6.53. The molecule has 4 heteroatoms. The Hall–Kier alpha value is -0.770. The van der Waals surface area contributed by atoms with Crippen molar-refractivity contribution < 1.29 is 9.53 Å². The summed E-state index contributed by atoms with van der Waals surface area (Å²) >= 11 is 0. The van der Waals surface area contributed by atoms with Crippen LogP contribution >= 0.6 is 0 Å². The van der Waals surface area contributed by atoms with Crippen LogP contribution in [0.25, 0.3) is 0 Å². The molecule has 112 valence electrons. The minimum Gasteiger partial charge on any atom is -0.444 e. The second kappa shape index (κ2) is 7.13. The predicted octanol–water partition coefficient (Wildman–Crippen LogP) is 3.21. The quantitative estimate of drug-likeness (QED) is 0.806. The number of alkyl carbamates (subject to hydrolysis) is 1. The lowest BCUT2D eigenvalue weighted by Crippen LogP contribution is -2.40. The third kappa shape index (κ3) is 6.28. The van der Waals surface area contributed by atoms with E-state index in [1.165, 1.54) is 0 Å². The van der Waals surface area contributed by atoms with Gasteiger partial charge in [0.1, 0.15) is 5.60 Å². The highest BCUT2D eigenvalue weighted by atomic mass is 16.6. The van der Waals surface area contributed by atoms with Crippen LogP contribution in [0, 0.1) is 0 Å². The molecule has 19 heavy (non-hydrogen) atoms. The zero-order chi connectivity index (χ0) is 14.5. The van der Waals surface area contributed by atoms with E-state index in [2.05, 4.69) is 24.5 Å². The van der Waals surface area contributed by atoms with Gasteiger partial charge in [-0.3, -0.25) is 0 Å². The van der Waals surface area contributed by atoms with Crippen LogP contribution < -0.4 is 10.6 Å². The molecule has 0 aliphatic heterocycles. The van der Waals surface area contributed by atoms with Gasteiger partial charge in [0.05, 0.1) is 0 Å². The van der Waals surface area contributed by atoms with Crippen LogP contribution in [-0.2, 0) is 4.74 Å². The summed E-state index contributed by atoms with van der Waals surface area (Å²) in [6.07, 6.45) is 5.22. The number of amides is 1. The molecule has 0 aromatic rings. The molecule has 1 amide bonds. The fourth-order valence-electron chi connectivity index (χ4n) is 2.60. The summed E-state index contributed by atoms with van der Waals surface area (Å²) in [6.45, 7) is 10.1. The van der Waals surface area contributed by atoms with Crippen molar-refractivity contribution in [2.24, 2.45) is 0 Å². The van der Waals surface area contributed by atoms with Crippen molar-refractivity contribution in [3.05, 3.63) is 0 Å². The summed E-state index contributed by atoms with van der Waals surface area (Å²) < 4.78 is 5.29. The first kappa shape index (κ1) is 16.3. The molecule has 2 unspecified atom stereocenters. The summed E-state index contributed by atoms with van der Waals surface area (Å²) in [5.74, 6) is 0. The molecule has 4 nitrogen and oxygen atoms in total. The first-order valence-corrected chi connectivity index (χ1v) is 7.59. The Morgan fingerprint density at radius 1 is 1.21 bits per heavy atom. The van der Waals surface area contributed by atoms with Crippen molar-refractivity contribution in [2.75, 3.05) is 0 Å². The van der Waals surface area contributed by atoms with Gasteiger partial charge < -0.3 is 15.4 Å². The third-order valence-corrected chi connectivity index (χ3v) is 3.61. The molecule has 1 aliphatic rings. The molecule has 2 N–H and O–H groups in total. The minimum atomic E-state index is -0.421. The molecular formula is C15H30N2O2. The SMILES string of the molecule is CCC(CC)NC1CCC(NC(=O)OC(C)(C)C)C1. The van der Waals surface area contributed by atoms with Crippen molar-refractivity contribution in [3.8, 4) is 0 Å². The zero-order valence-electron chi connectivity index (χ0n) is 13.1. The maximum atomic E-state index is 11.7. The van der Waals surface area contributed by atoms with Crippen molar-refractivity contribution in [1.29, 1.82) is 0 Å². The number of carbonyl (C=O) groups excluding carboxylic acids is 1. The highest BCUT2D eigenvalue weighted by Gasteiger charge is 2.28. The van der Waals surface area contributed by atoms with E-state index in [9.17, 15) is 4.79 Å². The average molecular weight is 270 g/mol. The van der Waals surface area contributed by atoms with E-state index in [4.69, 9.17) is 4.74 Å². The van der Waals surface area contributed by atoms with Gasteiger partial charge in [-0.1, -0.05) is 13.8 Å². The number of hydrogen-bond donors (Lipinski definition) is 2. The van der Waals surface area contributed by atoms with E-state index in [0.29, 0.717) is 12.1 Å². The Morgan fingerprint density at radius 2 is 1.79 bits per heavy atom. The number of hydrogen-bond acceptors (Lipinski definition) is 3. The lowest BCUT2D eigenvalue weighted by Gasteiger charge is -2.23. The van der Waals surface area contributed by atoms with Crippen LogP contribution in [-0.4, -0.2) is 29.8 Å². The fraction of sp³-hybridized carbons (Fsp3) is 0.933. The summed E-state index contributed by atoms with van der Waals surface area (Å²) in [7, 11) is 0. The van der Waals surface area contributed by atoms with E-state index >= 15 is 0 Å². The monoisotopic (exact) mass is 270 g/mol. The molecule has 1 saturated carbocycles. The van der Waals surface area contributed by atoms with Gasteiger partial charge in [0.2, 0.25) is 0 Å². The van der Waals surface area contributed by atoms with E-state index in [-0.39, 0.29) is 12.1 Å². The summed E-state index contributed by atoms with van der Waals surface area (Å²) in [5.41, 5.74) is -0.421. The Morgan fingerprint density at radius 3 is 2.32 bits per heavy atom. The molecule has 0 saturated heterocycles. The van der Waals surface area contributed by atoms with Gasteiger partial charge in [-0.2, -0.15) is 0 Å². The van der Waals surface area contributed by atoms with E-state index in [1.54, 1.807) is 0 Å². The van der Waals surface area contributed by atoms with Gasteiger partial charge in [0.25, 0.3) is 0 Å². The molecule has 0 bridgehead atoms. The second-order valence-corrected chi connectivity index (χ2v) is 6.53. The van der Waals surface area contributed by atoms with Gasteiger partial charge in [-0.25, -0.2) is 4.79 Å². The van der Waals surface area contributed by atoms with Crippen molar-refractivity contribution in [2.45, 2.75) is 90.4 Å². The molecule has 1 rings (SSSR count). The lowest BCUT2D eigenvalue weighted by atomic mass is 10.1. The highest BCUT2D eigenvalue weighted by molar-refractivity contribution is 5.68. The molecule has 0 aromatic carbocycles. The van der Waals surface area contributed by atoms with Crippen LogP contribution in [0.15, 0.2) is 0 Å². The van der Waals surface area contributed by atoms with E-state index in [1.807, 2.05) is 20.8 Å². The number of rotatable bonds is 5. The molecule has 2 atom stereocenters. The maximum Gasteiger partial charge on any atom is 0.407 e. The van der Waals surface area contributed by atoms with Crippen molar-refractivity contribution in [3.63, 3.8) is 0 Å². The van der Waals surface area contributed by atoms with Crippen LogP contribution in [0.4, 0.5) is 4.79 Å². The first-order chi connectivity index (χ1) is 8.84. The number of carbonyl (C=O) groups is 1. The van der Waals surface area contributed by atoms with Crippen LogP contribution in [0.5, 0.6) is 0 Å².